The average Bonchev–Trinajstić information content (AvgIpc) is 2.61. The molecule has 0 saturated carbocycles. The van der Waals surface area contributed by atoms with Gasteiger partial charge in [-0.25, -0.2) is 0 Å². The summed E-state index contributed by atoms with van der Waals surface area (Å²) in [5.74, 6) is 0. The van der Waals surface area contributed by atoms with E-state index in [9.17, 15) is 0 Å². The van der Waals surface area contributed by atoms with Gasteiger partial charge < -0.3 is 11.1 Å². The normalized spacial score (nSPS) is 13.2. The molecule has 3 aromatic rings. The lowest BCUT2D eigenvalue weighted by atomic mass is 9.87. The molecule has 1 aromatic heterocycles. The zero-order valence-corrected chi connectivity index (χ0v) is 16.8. The fraction of sp³-hybridized carbons (Fsp3) is 0.250. The third kappa shape index (κ3) is 3.98. The van der Waals surface area contributed by atoms with Gasteiger partial charge in [0.1, 0.15) is 0 Å². The number of pyridine rings is 1. The monoisotopic (exact) mass is 407 g/mol. The fourth-order valence-electron chi connectivity index (χ4n) is 2.92. The molecule has 0 aliphatic carbocycles. The molecule has 0 spiro atoms. The molecule has 1 unspecified atom stereocenters. The predicted octanol–water partition coefficient (Wildman–Crippen LogP) is 5.76. The van der Waals surface area contributed by atoms with Crippen LogP contribution in [0.1, 0.15) is 31.0 Å². The minimum Gasteiger partial charge on any atom is -0.322 e. The maximum absolute atomic E-state index is 6.63. The Morgan fingerprint density at radius 2 is 1.88 bits per heavy atom. The Labute approximate surface area is 168 Å². The van der Waals surface area contributed by atoms with Gasteiger partial charge in [-0.15, -0.1) is 0 Å². The van der Waals surface area contributed by atoms with Gasteiger partial charge in [0.25, 0.3) is 0 Å². The molecule has 0 amide bonds. The van der Waals surface area contributed by atoms with Crippen molar-refractivity contribution in [2.24, 2.45) is 5.73 Å². The van der Waals surface area contributed by atoms with Gasteiger partial charge in [-0.05, 0) is 49.2 Å². The molecule has 3 nitrogen and oxygen atoms in total. The number of benzene rings is 2. The van der Waals surface area contributed by atoms with Gasteiger partial charge in [0.05, 0.1) is 15.6 Å². The van der Waals surface area contributed by atoms with Crippen molar-refractivity contribution in [1.82, 2.24) is 10.3 Å². The van der Waals surface area contributed by atoms with E-state index in [0.29, 0.717) is 21.6 Å². The van der Waals surface area contributed by atoms with Crippen LogP contribution < -0.4 is 11.1 Å². The molecular formula is C20H20Cl3N3. The highest BCUT2D eigenvalue weighted by Gasteiger charge is 2.28. The van der Waals surface area contributed by atoms with Crippen LogP contribution in [0.2, 0.25) is 15.1 Å². The number of nitrogens with one attached hydrogen (secondary N) is 1. The zero-order chi connectivity index (χ0) is 18.9. The summed E-state index contributed by atoms with van der Waals surface area (Å²) in [7, 11) is 0. The number of nitrogens with two attached hydrogens (primary N) is 1. The number of hydrogen-bond donors (Lipinski definition) is 2. The summed E-state index contributed by atoms with van der Waals surface area (Å²) in [5, 5.41) is 6.27. The molecule has 3 rings (SSSR count). The van der Waals surface area contributed by atoms with Crippen LogP contribution in [0.5, 0.6) is 0 Å². The second-order valence-electron chi connectivity index (χ2n) is 6.83. The molecule has 136 valence electrons. The molecule has 26 heavy (non-hydrogen) atoms. The van der Waals surface area contributed by atoms with Gasteiger partial charge in [-0.2, -0.15) is 0 Å². The van der Waals surface area contributed by atoms with Gasteiger partial charge in [-0.3, -0.25) is 4.98 Å². The average molecular weight is 409 g/mol. The predicted molar refractivity (Wildman–Crippen MR) is 111 cm³/mol. The number of nitrogens with zero attached hydrogens (tertiary/aromatic N) is 1. The summed E-state index contributed by atoms with van der Waals surface area (Å²) in [4.78, 5) is 4.39. The van der Waals surface area contributed by atoms with Gasteiger partial charge in [0.2, 0.25) is 0 Å². The molecule has 1 atom stereocenters. The molecule has 1 heterocycles. The molecule has 0 saturated heterocycles. The van der Waals surface area contributed by atoms with Crippen molar-refractivity contribution < 1.29 is 0 Å². The Morgan fingerprint density at radius 1 is 1.12 bits per heavy atom. The van der Waals surface area contributed by atoms with E-state index in [1.165, 1.54) is 0 Å². The molecule has 0 bridgehead atoms. The second kappa shape index (κ2) is 7.71. The van der Waals surface area contributed by atoms with E-state index in [0.717, 1.165) is 22.0 Å². The zero-order valence-electron chi connectivity index (χ0n) is 14.6. The van der Waals surface area contributed by atoms with Crippen LogP contribution in [0.15, 0.2) is 48.7 Å². The summed E-state index contributed by atoms with van der Waals surface area (Å²) in [6.45, 7) is 4.70. The Hall–Kier alpha value is -1.36. The van der Waals surface area contributed by atoms with Gasteiger partial charge in [-0.1, -0.05) is 53.0 Å². The number of rotatable bonds is 5. The van der Waals surface area contributed by atoms with Crippen LogP contribution in [0.3, 0.4) is 0 Å². The van der Waals surface area contributed by atoms with Crippen LogP contribution in [0, 0.1) is 0 Å². The molecular weight excluding hydrogens is 389 g/mol. The Kier molecular flexibility index (Phi) is 5.75. The number of hydrogen-bond acceptors (Lipinski definition) is 3. The summed E-state index contributed by atoms with van der Waals surface area (Å²) < 4.78 is 0. The topological polar surface area (TPSA) is 50.9 Å². The Balaban J connectivity index is 1.86. The van der Waals surface area contributed by atoms with E-state index in [-0.39, 0.29) is 11.6 Å². The first kappa shape index (κ1) is 19.4. The first-order valence-electron chi connectivity index (χ1n) is 8.27. The van der Waals surface area contributed by atoms with Crippen LogP contribution in [-0.2, 0) is 6.54 Å². The van der Waals surface area contributed by atoms with Crippen LogP contribution >= 0.6 is 34.8 Å². The minimum atomic E-state index is -0.389. The van der Waals surface area contributed by atoms with Crippen molar-refractivity contribution in [2.45, 2.75) is 32.0 Å². The first-order valence-corrected chi connectivity index (χ1v) is 9.40. The maximum atomic E-state index is 6.63. The number of halogens is 3. The SMILES string of the molecule is CC(C)(NCc1cccc(Cl)c1Cl)C(N)c1ccnc2cc(Cl)ccc12. The van der Waals surface area contributed by atoms with E-state index in [4.69, 9.17) is 40.5 Å². The minimum absolute atomic E-state index is 0.257. The van der Waals surface area contributed by atoms with E-state index < -0.39 is 0 Å². The smallest absolute Gasteiger partial charge is 0.0720 e. The molecule has 0 aliphatic rings. The number of fused-ring (bicyclic) bond motifs is 1. The highest BCUT2D eigenvalue weighted by molar-refractivity contribution is 6.42. The van der Waals surface area contributed by atoms with Crippen LogP contribution in [-0.4, -0.2) is 10.5 Å². The Bertz CT molecular complexity index is 941. The van der Waals surface area contributed by atoms with Crippen molar-refractivity contribution in [2.75, 3.05) is 0 Å². The van der Waals surface area contributed by atoms with Crippen LogP contribution in [0.25, 0.3) is 10.9 Å². The van der Waals surface area contributed by atoms with Gasteiger partial charge in [0, 0.05) is 34.7 Å². The lowest BCUT2D eigenvalue weighted by Gasteiger charge is -2.34. The third-order valence-electron chi connectivity index (χ3n) is 4.62. The summed E-state index contributed by atoms with van der Waals surface area (Å²) >= 11 is 18.5. The molecule has 6 heteroatoms. The van der Waals surface area contributed by atoms with E-state index in [1.54, 1.807) is 12.3 Å². The largest absolute Gasteiger partial charge is 0.322 e. The van der Waals surface area contributed by atoms with Crippen molar-refractivity contribution >= 4 is 45.7 Å². The van der Waals surface area contributed by atoms with E-state index in [2.05, 4.69) is 24.1 Å². The van der Waals surface area contributed by atoms with Crippen molar-refractivity contribution in [1.29, 1.82) is 0 Å². The number of aromatic nitrogens is 1. The quantitative estimate of drug-likeness (QED) is 0.564. The molecule has 0 radical (unpaired) electrons. The second-order valence-corrected chi connectivity index (χ2v) is 8.05. The molecule has 2 aromatic carbocycles. The Morgan fingerprint density at radius 3 is 2.65 bits per heavy atom. The summed E-state index contributed by atoms with van der Waals surface area (Å²) in [6.07, 6.45) is 1.76. The van der Waals surface area contributed by atoms with Crippen LogP contribution in [0.4, 0.5) is 0 Å². The highest BCUT2D eigenvalue weighted by Crippen LogP contribution is 2.31. The molecule has 3 N–H and O–H groups in total. The molecule has 0 fully saturated rings. The van der Waals surface area contributed by atoms with Crippen molar-refractivity contribution in [3.05, 3.63) is 74.9 Å². The van der Waals surface area contributed by atoms with Gasteiger partial charge >= 0.3 is 0 Å². The first-order chi connectivity index (χ1) is 12.3. The van der Waals surface area contributed by atoms with Crippen molar-refractivity contribution in [3.8, 4) is 0 Å². The standard InChI is InChI=1S/C20H20Cl3N3/c1-20(2,26-11-12-4-3-5-16(22)18(12)23)19(24)15-8-9-25-17-10-13(21)6-7-14(15)17/h3-10,19,26H,11,24H2,1-2H3. The van der Waals surface area contributed by atoms with E-state index >= 15 is 0 Å². The summed E-state index contributed by atoms with van der Waals surface area (Å²) in [6, 6.07) is 13.0. The maximum Gasteiger partial charge on any atom is 0.0720 e. The van der Waals surface area contributed by atoms with Gasteiger partial charge in [0.15, 0.2) is 0 Å². The molecule has 0 aliphatic heterocycles. The van der Waals surface area contributed by atoms with Crippen molar-refractivity contribution in [3.63, 3.8) is 0 Å². The fourth-order valence-corrected chi connectivity index (χ4v) is 3.47. The highest BCUT2D eigenvalue weighted by atomic mass is 35.5. The van der Waals surface area contributed by atoms with E-state index in [1.807, 2.05) is 36.4 Å². The summed E-state index contributed by atoms with van der Waals surface area (Å²) in [5.41, 5.74) is 9.02. The lowest BCUT2D eigenvalue weighted by Crippen LogP contribution is -2.48. The third-order valence-corrected chi connectivity index (χ3v) is 5.71. The lowest BCUT2D eigenvalue weighted by molar-refractivity contribution is 0.322.